The number of carbonyl (C=O) groups is 1. The van der Waals surface area contributed by atoms with Crippen molar-refractivity contribution in [3.8, 4) is 5.75 Å². The van der Waals surface area contributed by atoms with E-state index in [4.69, 9.17) is 21.1 Å². The number of amides is 1. The number of carbonyl (C=O) groups excluding carboxylic acids is 1. The zero-order valence-corrected chi connectivity index (χ0v) is 18.9. The number of hydrogen-bond donors (Lipinski definition) is 2. The molecular weight excluding hydrogens is 436 g/mol. The van der Waals surface area contributed by atoms with Gasteiger partial charge in [-0.1, -0.05) is 18.5 Å². The van der Waals surface area contributed by atoms with E-state index in [0.29, 0.717) is 40.7 Å². The molecule has 3 aromatic rings. The Kier molecular flexibility index (Phi) is 5.88. The van der Waals surface area contributed by atoms with E-state index < -0.39 is 12.1 Å². The highest BCUT2D eigenvalue weighted by atomic mass is 35.5. The van der Waals surface area contributed by atoms with Crippen molar-refractivity contribution in [1.29, 1.82) is 0 Å². The van der Waals surface area contributed by atoms with E-state index in [9.17, 15) is 9.59 Å². The van der Waals surface area contributed by atoms with Crippen molar-refractivity contribution in [3.05, 3.63) is 45.0 Å². The molecule has 1 amide bonds. The Labute approximate surface area is 188 Å². The number of fused-ring (bicyclic) bond motifs is 1. The molecule has 2 atom stereocenters. The van der Waals surface area contributed by atoms with E-state index in [0.717, 1.165) is 5.39 Å². The van der Waals surface area contributed by atoms with Crippen molar-refractivity contribution in [2.24, 2.45) is 0 Å². The molecule has 1 unspecified atom stereocenters. The first kappa shape index (κ1) is 21.8. The number of halogens is 1. The first-order valence-electron chi connectivity index (χ1n) is 10.2. The number of methoxy groups -OCH3 is 1. The van der Waals surface area contributed by atoms with Gasteiger partial charge in [-0.2, -0.15) is 15.0 Å². The van der Waals surface area contributed by atoms with Gasteiger partial charge in [-0.05, 0) is 32.4 Å². The molecule has 1 aliphatic rings. The second-order valence-electron chi connectivity index (χ2n) is 7.51. The monoisotopic (exact) mass is 458 g/mol. The van der Waals surface area contributed by atoms with Gasteiger partial charge in [0.15, 0.2) is 0 Å². The third kappa shape index (κ3) is 4.05. The number of hydrogen-bond acceptors (Lipinski definition) is 8. The lowest BCUT2D eigenvalue weighted by Crippen LogP contribution is -2.35. The summed E-state index contributed by atoms with van der Waals surface area (Å²) < 4.78 is 10.3. The molecule has 1 saturated heterocycles. The number of aryl methyl sites for hydroxylation is 1. The average Bonchev–Trinajstić information content (AvgIpc) is 3.13. The standard InChI is InChI=1S/C21H23ClN6O4/c1-5-13-9-32-21(30)28(13)20-25-11(3)24-19(27-20)23-10(2)14-6-12-7-15(22)17(31-4)8-16(12)26-18(14)29/h6-8,10,13H,5,9H2,1-4H3,(H,26,29)(H,23,24,25,27)/t10-,13?/m0/s1. The molecule has 32 heavy (non-hydrogen) atoms. The highest BCUT2D eigenvalue weighted by Crippen LogP contribution is 2.30. The van der Waals surface area contributed by atoms with E-state index in [1.54, 1.807) is 25.1 Å². The third-order valence-corrected chi connectivity index (χ3v) is 5.64. The molecule has 1 aliphatic heterocycles. The van der Waals surface area contributed by atoms with E-state index in [1.807, 2.05) is 13.8 Å². The second kappa shape index (κ2) is 8.62. The molecule has 11 heteroatoms. The van der Waals surface area contributed by atoms with Crippen LogP contribution in [-0.4, -0.2) is 45.8 Å². The Balaban J connectivity index is 1.65. The highest BCUT2D eigenvalue weighted by molar-refractivity contribution is 6.32. The number of nitrogens with one attached hydrogen (secondary N) is 2. The lowest BCUT2D eigenvalue weighted by atomic mass is 10.1. The minimum absolute atomic E-state index is 0.139. The number of rotatable bonds is 6. The first-order chi connectivity index (χ1) is 15.3. The number of cyclic esters (lactones) is 1. The maximum Gasteiger partial charge on any atom is 0.417 e. The van der Waals surface area contributed by atoms with Gasteiger partial charge in [-0.25, -0.2) is 9.69 Å². The second-order valence-corrected chi connectivity index (χ2v) is 7.92. The van der Waals surface area contributed by atoms with Crippen LogP contribution < -0.4 is 20.5 Å². The van der Waals surface area contributed by atoms with Crippen LogP contribution in [0.3, 0.4) is 0 Å². The third-order valence-electron chi connectivity index (χ3n) is 5.34. The lowest BCUT2D eigenvalue weighted by molar-refractivity contribution is 0.178. The molecule has 0 aliphatic carbocycles. The number of anilines is 2. The number of pyridine rings is 1. The van der Waals surface area contributed by atoms with Crippen molar-refractivity contribution in [2.45, 2.75) is 39.3 Å². The number of nitrogens with zero attached hydrogens (tertiary/aromatic N) is 4. The molecular formula is C21H23ClN6O4. The summed E-state index contributed by atoms with van der Waals surface area (Å²) in [5.41, 5.74) is 0.830. The minimum atomic E-state index is -0.486. The van der Waals surface area contributed by atoms with Gasteiger partial charge in [0.1, 0.15) is 18.2 Å². The molecule has 10 nitrogen and oxygen atoms in total. The summed E-state index contributed by atoms with van der Waals surface area (Å²) >= 11 is 6.24. The number of benzene rings is 1. The van der Waals surface area contributed by atoms with E-state index >= 15 is 0 Å². The molecule has 1 fully saturated rings. The van der Waals surface area contributed by atoms with Crippen molar-refractivity contribution in [3.63, 3.8) is 0 Å². The van der Waals surface area contributed by atoms with Gasteiger partial charge < -0.3 is 19.8 Å². The van der Waals surface area contributed by atoms with E-state index in [2.05, 4.69) is 25.3 Å². The first-order valence-corrected chi connectivity index (χ1v) is 10.5. The lowest BCUT2D eigenvalue weighted by Gasteiger charge is -2.20. The predicted octanol–water partition coefficient (Wildman–Crippen LogP) is 3.59. The summed E-state index contributed by atoms with van der Waals surface area (Å²) in [5, 5.41) is 4.34. The summed E-state index contributed by atoms with van der Waals surface area (Å²) in [4.78, 5) is 42.2. The number of aromatic amines is 1. The molecule has 2 aromatic heterocycles. The topological polar surface area (TPSA) is 122 Å². The molecule has 0 saturated carbocycles. The summed E-state index contributed by atoms with van der Waals surface area (Å²) in [6, 6.07) is 4.60. The quantitative estimate of drug-likeness (QED) is 0.574. The fraction of sp³-hybridized carbons (Fsp3) is 0.381. The molecule has 0 radical (unpaired) electrons. The van der Waals surface area contributed by atoms with E-state index in [1.165, 1.54) is 12.0 Å². The van der Waals surface area contributed by atoms with Gasteiger partial charge in [-0.15, -0.1) is 0 Å². The Morgan fingerprint density at radius 2 is 2.09 bits per heavy atom. The summed E-state index contributed by atoms with van der Waals surface area (Å²) in [6.07, 6.45) is 0.217. The van der Waals surface area contributed by atoms with Crippen LogP contribution in [0.4, 0.5) is 16.7 Å². The summed E-state index contributed by atoms with van der Waals surface area (Å²) in [5.74, 6) is 1.38. The Bertz CT molecular complexity index is 1250. The normalized spacial score (nSPS) is 16.8. The van der Waals surface area contributed by atoms with Crippen LogP contribution in [0.15, 0.2) is 23.0 Å². The number of H-pyrrole nitrogens is 1. The van der Waals surface area contributed by atoms with Crippen LogP contribution in [0, 0.1) is 6.92 Å². The van der Waals surface area contributed by atoms with E-state index in [-0.39, 0.29) is 23.5 Å². The van der Waals surface area contributed by atoms with Crippen LogP contribution in [0.1, 0.15) is 37.7 Å². The minimum Gasteiger partial charge on any atom is -0.495 e. The van der Waals surface area contributed by atoms with Gasteiger partial charge in [0.2, 0.25) is 11.9 Å². The van der Waals surface area contributed by atoms with Crippen molar-refractivity contribution >= 4 is 40.5 Å². The Hall–Kier alpha value is -3.40. The summed E-state index contributed by atoms with van der Waals surface area (Å²) in [6.45, 7) is 5.78. The van der Waals surface area contributed by atoms with Gasteiger partial charge >= 0.3 is 6.09 Å². The van der Waals surface area contributed by atoms with Crippen LogP contribution in [0.5, 0.6) is 5.75 Å². The van der Waals surface area contributed by atoms with Gasteiger partial charge in [0, 0.05) is 17.0 Å². The number of aromatic nitrogens is 4. The van der Waals surface area contributed by atoms with Gasteiger partial charge in [0.25, 0.3) is 5.56 Å². The molecule has 3 heterocycles. The van der Waals surface area contributed by atoms with Crippen molar-refractivity contribution < 1.29 is 14.3 Å². The fourth-order valence-electron chi connectivity index (χ4n) is 3.62. The van der Waals surface area contributed by atoms with Gasteiger partial charge in [-0.3, -0.25) is 4.79 Å². The Morgan fingerprint density at radius 3 is 2.81 bits per heavy atom. The zero-order chi connectivity index (χ0) is 23.0. The highest BCUT2D eigenvalue weighted by Gasteiger charge is 2.35. The van der Waals surface area contributed by atoms with Crippen LogP contribution in [0.2, 0.25) is 5.02 Å². The molecule has 0 bridgehead atoms. The summed E-state index contributed by atoms with van der Waals surface area (Å²) in [7, 11) is 1.51. The predicted molar refractivity (Wildman–Crippen MR) is 121 cm³/mol. The molecule has 168 valence electrons. The Morgan fingerprint density at radius 1 is 1.31 bits per heavy atom. The molecule has 0 spiro atoms. The van der Waals surface area contributed by atoms with Crippen LogP contribution in [-0.2, 0) is 4.74 Å². The van der Waals surface area contributed by atoms with Crippen molar-refractivity contribution in [1.82, 2.24) is 19.9 Å². The SMILES string of the molecule is CCC1COC(=O)N1c1nc(C)nc(N[C@@H](C)c2cc3cc(Cl)c(OC)cc3[nH]c2=O)n1. The average molecular weight is 459 g/mol. The van der Waals surface area contributed by atoms with Crippen LogP contribution in [0.25, 0.3) is 10.9 Å². The smallest absolute Gasteiger partial charge is 0.417 e. The fourth-order valence-corrected chi connectivity index (χ4v) is 3.87. The largest absolute Gasteiger partial charge is 0.495 e. The molecule has 4 rings (SSSR count). The number of ether oxygens (including phenoxy) is 2. The van der Waals surface area contributed by atoms with Crippen LogP contribution >= 0.6 is 11.6 Å². The molecule has 1 aromatic carbocycles. The maximum absolute atomic E-state index is 12.7. The van der Waals surface area contributed by atoms with Gasteiger partial charge in [0.05, 0.1) is 29.7 Å². The van der Waals surface area contributed by atoms with Crippen molar-refractivity contribution in [2.75, 3.05) is 23.9 Å². The maximum atomic E-state index is 12.7. The molecule has 2 N–H and O–H groups in total. The zero-order valence-electron chi connectivity index (χ0n) is 18.1.